The molecule has 0 aliphatic carbocycles. The lowest BCUT2D eigenvalue weighted by atomic mass is 10.2. The van der Waals surface area contributed by atoms with E-state index in [0.717, 1.165) is 17.1 Å². The van der Waals surface area contributed by atoms with Gasteiger partial charge in [-0.2, -0.15) is 11.8 Å². The van der Waals surface area contributed by atoms with E-state index in [1.807, 2.05) is 12.1 Å². The third-order valence-electron chi connectivity index (χ3n) is 3.53. The monoisotopic (exact) mass is 476 g/mol. The van der Waals surface area contributed by atoms with Crippen LogP contribution in [0, 0.1) is 0 Å². The van der Waals surface area contributed by atoms with E-state index < -0.39 is 5.97 Å². The van der Waals surface area contributed by atoms with Gasteiger partial charge in [0.05, 0.1) is 17.2 Å². The Morgan fingerprint density at radius 2 is 1.93 bits per heavy atom. The van der Waals surface area contributed by atoms with Crippen molar-refractivity contribution in [3.63, 3.8) is 0 Å². The molecule has 0 saturated carbocycles. The van der Waals surface area contributed by atoms with Crippen LogP contribution in [0.3, 0.4) is 0 Å². The van der Waals surface area contributed by atoms with Crippen LogP contribution in [0.15, 0.2) is 36.4 Å². The summed E-state index contributed by atoms with van der Waals surface area (Å²) in [5.74, 6) is 1.20. The highest BCUT2D eigenvalue weighted by molar-refractivity contribution is 7.98. The number of carbonyl (C=O) groups excluding carboxylic acids is 1. The summed E-state index contributed by atoms with van der Waals surface area (Å²) in [6.45, 7) is 2.73. The Labute approximate surface area is 189 Å². The zero-order chi connectivity index (χ0) is 20.5. The molecule has 0 atom stereocenters. The number of halogens is 3. The van der Waals surface area contributed by atoms with Crippen molar-refractivity contribution in [2.45, 2.75) is 12.7 Å². The fourth-order valence-corrected chi connectivity index (χ4v) is 4.09. The smallest absolute Gasteiger partial charge is 0.339 e. The van der Waals surface area contributed by atoms with Gasteiger partial charge in [-0.15, -0.1) is 0 Å². The molecular weight excluding hydrogens is 459 g/mol. The molecule has 4 nitrogen and oxygen atoms in total. The Balaban J connectivity index is 1.73. The lowest BCUT2D eigenvalue weighted by Crippen LogP contribution is -2.30. The number of nitrogens with one attached hydrogen (secondary N) is 2. The molecule has 9 heteroatoms. The van der Waals surface area contributed by atoms with Crippen LogP contribution >= 0.6 is 58.8 Å². The first-order chi connectivity index (χ1) is 13.4. The summed E-state index contributed by atoms with van der Waals surface area (Å²) in [6, 6.07) is 10.5. The van der Waals surface area contributed by atoms with Gasteiger partial charge in [0.1, 0.15) is 0 Å². The van der Waals surface area contributed by atoms with Crippen molar-refractivity contribution in [3.8, 4) is 0 Å². The van der Waals surface area contributed by atoms with Crippen LogP contribution in [0.5, 0.6) is 0 Å². The summed E-state index contributed by atoms with van der Waals surface area (Å²) in [5, 5.41) is 8.26. The van der Waals surface area contributed by atoms with Crippen molar-refractivity contribution in [3.05, 3.63) is 62.6 Å². The molecular formula is C19H19Cl3N2O2S2. The highest BCUT2D eigenvalue weighted by Crippen LogP contribution is 2.24. The van der Waals surface area contributed by atoms with Gasteiger partial charge in [0, 0.05) is 33.8 Å². The van der Waals surface area contributed by atoms with Gasteiger partial charge in [0.15, 0.2) is 5.11 Å². The Bertz CT molecular complexity index is 850. The minimum atomic E-state index is -0.447. The van der Waals surface area contributed by atoms with Crippen LogP contribution in [0.25, 0.3) is 0 Å². The minimum Gasteiger partial charge on any atom is -0.462 e. The standard InChI is InChI=1S/C19H19Cl3N2O2S2/c1-2-26-18(25)15-6-5-14(10-17(15)22)24-19(27)23-7-8-28-11-12-3-4-13(20)9-16(12)21/h3-6,9-10H,2,7-8,11H2,1H3,(H2,23,24,27). The lowest BCUT2D eigenvalue weighted by molar-refractivity contribution is 0.0526. The summed E-state index contributed by atoms with van der Waals surface area (Å²) in [6.07, 6.45) is 0. The average molecular weight is 478 g/mol. The molecule has 0 bridgehead atoms. The van der Waals surface area contributed by atoms with E-state index in [1.54, 1.807) is 43.0 Å². The first-order valence-electron chi connectivity index (χ1n) is 8.44. The van der Waals surface area contributed by atoms with E-state index >= 15 is 0 Å². The number of carbonyl (C=O) groups is 1. The maximum atomic E-state index is 11.8. The van der Waals surface area contributed by atoms with Crippen molar-refractivity contribution >= 4 is 75.6 Å². The highest BCUT2D eigenvalue weighted by atomic mass is 35.5. The molecule has 0 aromatic heterocycles. The topological polar surface area (TPSA) is 50.4 Å². The molecule has 0 aliphatic heterocycles. The largest absolute Gasteiger partial charge is 0.462 e. The summed E-state index contributed by atoms with van der Waals surface area (Å²) in [5.41, 5.74) is 2.06. The van der Waals surface area contributed by atoms with Gasteiger partial charge in [-0.25, -0.2) is 4.79 Å². The molecule has 0 spiro atoms. The Morgan fingerprint density at radius 3 is 2.61 bits per heavy atom. The molecule has 2 N–H and O–H groups in total. The van der Waals surface area contributed by atoms with Crippen LogP contribution in [0.1, 0.15) is 22.8 Å². The van der Waals surface area contributed by atoms with Gasteiger partial charge >= 0.3 is 5.97 Å². The highest BCUT2D eigenvalue weighted by Gasteiger charge is 2.12. The van der Waals surface area contributed by atoms with E-state index in [0.29, 0.717) is 44.6 Å². The third kappa shape index (κ3) is 7.33. The number of benzene rings is 2. The molecule has 2 aromatic rings. The molecule has 0 aliphatic rings. The molecule has 0 fully saturated rings. The summed E-state index contributed by atoms with van der Waals surface area (Å²) in [7, 11) is 0. The maximum Gasteiger partial charge on any atom is 0.339 e. The van der Waals surface area contributed by atoms with Gasteiger partial charge in [0.25, 0.3) is 0 Å². The van der Waals surface area contributed by atoms with Crippen molar-refractivity contribution in [2.24, 2.45) is 0 Å². The molecule has 2 aromatic carbocycles. The summed E-state index contributed by atoms with van der Waals surface area (Å²) < 4.78 is 4.95. The minimum absolute atomic E-state index is 0.297. The maximum absolute atomic E-state index is 11.8. The van der Waals surface area contributed by atoms with Crippen LogP contribution in [0.2, 0.25) is 15.1 Å². The number of rotatable bonds is 8. The molecule has 28 heavy (non-hydrogen) atoms. The fourth-order valence-electron chi connectivity index (χ4n) is 2.20. The Morgan fingerprint density at radius 1 is 1.14 bits per heavy atom. The first kappa shape index (κ1) is 23.1. The number of hydrogen-bond donors (Lipinski definition) is 2. The van der Waals surface area contributed by atoms with Crippen LogP contribution in [0.4, 0.5) is 5.69 Å². The van der Waals surface area contributed by atoms with Gasteiger partial charge in [0.2, 0.25) is 0 Å². The van der Waals surface area contributed by atoms with E-state index in [-0.39, 0.29) is 0 Å². The van der Waals surface area contributed by atoms with Crippen LogP contribution in [-0.4, -0.2) is 30.0 Å². The van der Waals surface area contributed by atoms with E-state index in [1.165, 1.54) is 0 Å². The first-order valence-corrected chi connectivity index (χ1v) is 11.1. The van der Waals surface area contributed by atoms with Gasteiger partial charge in [-0.3, -0.25) is 0 Å². The Hall–Kier alpha value is -1.18. The molecule has 0 unspecified atom stereocenters. The zero-order valence-corrected chi connectivity index (χ0v) is 19.0. The van der Waals surface area contributed by atoms with Gasteiger partial charge in [-0.05, 0) is 55.0 Å². The van der Waals surface area contributed by atoms with Crippen molar-refractivity contribution in [2.75, 3.05) is 24.2 Å². The molecule has 0 amide bonds. The number of anilines is 1. The second-order valence-electron chi connectivity index (χ2n) is 5.58. The number of esters is 1. The van der Waals surface area contributed by atoms with Crippen LogP contribution in [-0.2, 0) is 10.5 Å². The van der Waals surface area contributed by atoms with Gasteiger partial charge < -0.3 is 15.4 Å². The average Bonchev–Trinajstić information content (AvgIpc) is 2.63. The predicted octanol–water partition coefficient (Wildman–Crippen LogP) is 6.04. The van der Waals surface area contributed by atoms with Crippen LogP contribution < -0.4 is 10.6 Å². The number of ether oxygens (including phenoxy) is 1. The lowest BCUT2D eigenvalue weighted by Gasteiger charge is -2.12. The van der Waals surface area contributed by atoms with E-state index in [9.17, 15) is 4.79 Å². The van der Waals surface area contributed by atoms with Crippen molar-refractivity contribution in [1.29, 1.82) is 0 Å². The molecule has 0 saturated heterocycles. The SMILES string of the molecule is CCOC(=O)c1ccc(NC(=S)NCCSCc2ccc(Cl)cc2Cl)cc1Cl. The summed E-state index contributed by atoms with van der Waals surface area (Å²) in [4.78, 5) is 11.8. The fraction of sp³-hybridized carbons (Fsp3) is 0.263. The van der Waals surface area contributed by atoms with Crippen molar-refractivity contribution in [1.82, 2.24) is 5.32 Å². The molecule has 150 valence electrons. The number of thioether (sulfide) groups is 1. The second kappa shape index (κ2) is 11.7. The van der Waals surface area contributed by atoms with Crippen molar-refractivity contribution < 1.29 is 9.53 Å². The second-order valence-corrected chi connectivity index (χ2v) is 8.35. The molecule has 2 rings (SSSR count). The third-order valence-corrected chi connectivity index (χ3v) is 5.68. The van der Waals surface area contributed by atoms with E-state index in [2.05, 4.69) is 10.6 Å². The quantitative estimate of drug-likeness (QED) is 0.274. The predicted molar refractivity (Wildman–Crippen MR) is 124 cm³/mol. The Kier molecular flexibility index (Phi) is 9.68. The van der Waals surface area contributed by atoms with Gasteiger partial charge in [-0.1, -0.05) is 40.9 Å². The molecule has 0 heterocycles. The zero-order valence-electron chi connectivity index (χ0n) is 15.1. The van der Waals surface area contributed by atoms with E-state index in [4.69, 9.17) is 51.8 Å². The normalized spacial score (nSPS) is 10.4. The molecule has 0 radical (unpaired) electrons. The number of hydrogen-bond acceptors (Lipinski definition) is 4. The summed E-state index contributed by atoms with van der Waals surface area (Å²) >= 11 is 25.2. The number of thiocarbonyl (C=S) groups is 1.